The highest BCUT2D eigenvalue weighted by molar-refractivity contribution is 7.90. The molecule has 1 fully saturated rings. The van der Waals surface area contributed by atoms with E-state index in [2.05, 4.69) is 14.9 Å². The Morgan fingerprint density at radius 1 is 1.04 bits per heavy atom. The fourth-order valence-electron chi connectivity index (χ4n) is 2.94. The molecule has 3 heterocycles. The number of aromatic nitrogens is 2. The minimum Gasteiger partial charge on any atom is -0.472 e. The molecule has 0 radical (unpaired) electrons. The second-order valence-electron chi connectivity index (χ2n) is 6.22. The van der Waals surface area contributed by atoms with Crippen molar-refractivity contribution in [1.82, 2.24) is 9.97 Å². The van der Waals surface area contributed by atoms with Crippen molar-refractivity contribution in [2.45, 2.75) is 10.6 Å². The van der Waals surface area contributed by atoms with E-state index in [1.807, 2.05) is 0 Å². The molecule has 8 heteroatoms. The maximum atomic E-state index is 12.8. The zero-order chi connectivity index (χ0) is 18.7. The van der Waals surface area contributed by atoms with E-state index in [-0.39, 0.29) is 10.6 Å². The Kier molecular flexibility index (Phi) is 4.91. The van der Waals surface area contributed by atoms with E-state index >= 15 is 0 Å². The third-order valence-electron chi connectivity index (χ3n) is 4.32. The Labute approximate surface area is 157 Å². The van der Waals surface area contributed by atoms with Crippen molar-refractivity contribution in [3.05, 3.63) is 60.7 Å². The highest BCUT2D eigenvalue weighted by Gasteiger charge is 2.20. The fraction of sp³-hybridized carbons (Fsp3) is 0.263. The fourth-order valence-corrected chi connectivity index (χ4v) is 4.21. The van der Waals surface area contributed by atoms with Gasteiger partial charge in [-0.1, -0.05) is 18.2 Å². The van der Waals surface area contributed by atoms with Gasteiger partial charge in [-0.25, -0.2) is 18.4 Å². The molecule has 0 saturated carbocycles. The second-order valence-corrected chi connectivity index (χ2v) is 8.21. The molecule has 1 saturated heterocycles. The molecule has 27 heavy (non-hydrogen) atoms. The molecule has 0 spiro atoms. The van der Waals surface area contributed by atoms with Crippen LogP contribution in [0.15, 0.2) is 64.3 Å². The van der Waals surface area contributed by atoms with Gasteiger partial charge < -0.3 is 14.1 Å². The molecule has 1 aromatic carbocycles. The molecule has 1 aliphatic rings. The Balaban J connectivity index is 1.72. The topological polar surface area (TPSA) is 85.5 Å². The molecule has 4 rings (SSSR count). The van der Waals surface area contributed by atoms with Gasteiger partial charge in [0.05, 0.1) is 41.4 Å². The average molecular weight is 385 g/mol. The molecule has 0 unspecified atom stereocenters. The van der Waals surface area contributed by atoms with Crippen molar-refractivity contribution >= 4 is 15.7 Å². The molecular weight excluding hydrogens is 366 g/mol. The number of anilines is 1. The SMILES string of the molecule is O=S(=O)(Cc1cc(N2CCOCC2)nc(-c2ccoc2)n1)c1ccccc1. The summed E-state index contributed by atoms with van der Waals surface area (Å²) in [6, 6.07) is 11.9. The summed E-state index contributed by atoms with van der Waals surface area (Å²) in [5.74, 6) is 0.954. The quantitative estimate of drug-likeness (QED) is 0.667. The zero-order valence-corrected chi connectivity index (χ0v) is 15.4. The van der Waals surface area contributed by atoms with Crippen LogP contribution >= 0.6 is 0 Å². The molecule has 0 atom stereocenters. The van der Waals surface area contributed by atoms with Crippen LogP contribution in [-0.4, -0.2) is 44.7 Å². The first-order valence-corrected chi connectivity index (χ1v) is 10.3. The first-order chi connectivity index (χ1) is 13.1. The molecule has 2 aromatic heterocycles. The summed E-state index contributed by atoms with van der Waals surface area (Å²) < 4.78 is 36.1. The summed E-state index contributed by atoms with van der Waals surface area (Å²) in [6.45, 7) is 2.63. The summed E-state index contributed by atoms with van der Waals surface area (Å²) >= 11 is 0. The van der Waals surface area contributed by atoms with Crippen LogP contribution in [0.5, 0.6) is 0 Å². The maximum absolute atomic E-state index is 12.8. The highest BCUT2D eigenvalue weighted by atomic mass is 32.2. The Bertz CT molecular complexity index is 999. The van der Waals surface area contributed by atoms with Gasteiger partial charge in [-0.2, -0.15) is 0 Å². The smallest absolute Gasteiger partial charge is 0.184 e. The van der Waals surface area contributed by atoms with Gasteiger partial charge in [-0.15, -0.1) is 0 Å². The van der Waals surface area contributed by atoms with Gasteiger partial charge >= 0.3 is 0 Å². The molecule has 0 amide bonds. The second kappa shape index (κ2) is 7.50. The number of hydrogen-bond donors (Lipinski definition) is 0. The Hall–Kier alpha value is -2.71. The first kappa shape index (κ1) is 17.7. The minimum atomic E-state index is -3.50. The predicted octanol–water partition coefficient (Wildman–Crippen LogP) is 2.55. The number of nitrogens with zero attached hydrogens (tertiary/aromatic N) is 3. The van der Waals surface area contributed by atoms with Crippen LogP contribution in [0.2, 0.25) is 0 Å². The number of furan rings is 1. The van der Waals surface area contributed by atoms with Gasteiger partial charge in [-0.3, -0.25) is 0 Å². The van der Waals surface area contributed by atoms with Gasteiger partial charge in [0.15, 0.2) is 15.7 Å². The number of hydrogen-bond acceptors (Lipinski definition) is 7. The average Bonchev–Trinajstić information content (AvgIpc) is 3.24. The number of benzene rings is 1. The molecule has 0 aliphatic carbocycles. The lowest BCUT2D eigenvalue weighted by atomic mass is 10.3. The largest absolute Gasteiger partial charge is 0.472 e. The summed E-state index contributed by atoms with van der Waals surface area (Å²) in [7, 11) is -3.50. The standard InChI is InChI=1S/C19H19N3O4S/c23-27(24,17-4-2-1-3-5-17)14-16-12-18(22-7-10-25-11-8-22)21-19(20-16)15-6-9-26-13-15/h1-6,9,12-13H,7-8,10-11,14H2. The number of morpholine rings is 1. The van der Waals surface area contributed by atoms with E-state index in [0.717, 1.165) is 0 Å². The number of sulfone groups is 1. The van der Waals surface area contributed by atoms with Crippen LogP contribution in [0.1, 0.15) is 5.69 Å². The molecule has 0 bridgehead atoms. The van der Waals surface area contributed by atoms with Crippen LogP contribution in [0.4, 0.5) is 5.82 Å². The normalized spacial score (nSPS) is 15.0. The van der Waals surface area contributed by atoms with Crippen molar-refractivity contribution in [3.63, 3.8) is 0 Å². The summed E-state index contributed by atoms with van der Waals surface area (Å²) in [6.07, 6.45) is 3.09. The van der Waals surface area contributed by atoms with Gasteiger partial charge in [0.1, 0.15) is 12.1 Å². The summed E-state index contributed by atoms with van der Waals surface area (Å²) in [4.78, 5) is 11.4. The molecular formula is C19H19N3O4S. The lowest BCUT2D eigenvalue weighted by Gasteiger charge is -2.28. The highest BCUT2D eigenvalue weighted by Crippen LogP contribution is 2.24. The maximum Gasteiger partial charge on any atom is 0.184 e. The van der Waals surface area contributed by atoms with Crippen LogP contribution in [0.25, 0.3) is 11.4 Å². The molecule has 1 aliphatic heterocycles. The third-order valence-corrected chi connectivity index (χ3v) is 5.99. The van der Waals surface area contributed by atoms with Gasteiger partial charge in [0.25, 0.3) is 0 Å². The Morgan fingerprint density at radius 2 is 1.81 bits per heavy atom. The van der Waals surface area contributed by atoms with Gasteiger partial charge in [0, 0.05) is 19.2 Å². The minimum absolute atomic E-state index is 0.193. The van der Waals surface area contributed by atoms with E-state index in [1.54, 1.807) is 55.0 Å². The van der Waals surface area contributed by atoms with Crippen molar-refractivity contribution in [1.29, 1.82) is 0 Å². The van der Waals surface area contributed by atoms with Crippen LogP contribution in [0, 0.1) is 0 Å². The zero-order valence-electron chi connectivity index (χ0n) is 14.6. The van der Waals surface area contributed by atoms with Crippen LogP contribution < -0.4 is 4.90 Å². The van der Waals surface area contributed by atoms with Crippen molar-refractivity contribution < 1.29 is 17.6 Å². The van der Waals surface area contributed by atoms with E-state index < -0.39 is 9.84 Å². The monoisotopic (exact) mass is 385 g/mol. The lowest BCUT2D eigenvalue weighted by Crippen LogP contribution is -2.37. The van der Waals surface area contributed by atoms with Crippen LogP contribution in [-0.2, 0) is 20.3 Å². The van der Waals surface area contributed by atoms with Crippen molar-refractivity contribution in [3.8, 4) is 11.4 Å². The molecule has 7 nitrogen and oxygen atoms in total. The number of rotatable bonds is 5. The van der Waals surface area contributed by atoms with E-state index in [1.165, 1.54) is 0 Å². The summed E-state index contributed by atoms with van der Waals surface area (Å²) in [5, 5.41) is 0. The Morgan fingerprint density at radius 3 is 2.52 bits per heavy atom. The van der Waals surface area contributed by atoms with Gasteiger partial charge in [-0.05, 0) is 18.2 Å². The first-order valence-electron chi connectivity index (χ1n) is 8.63. The molecule has 140 valence electrons. The van der Waals surface area contributed by atoms with E-state index in [0.29, 0.717) is 49.2 Å². The summed E-state index contributed by atoms with van der Waals surface area (Å²) in [5.41, 5.74) is 1.16. The van der Waals surface area contributed by atoms with Gasteiger partial charge in [0.2, 0.25) is 0 Å². The van der Waals surface area contributed by atoms with Crippen LogP contribution in [0.3, 0.4) is 0 Å². The molecule has 0 N–H and O–H groups in total. The van der Waals surface area contributed by atoms with Crippen molar-refractivity contribution in [2.75, 3.05) is 31.2 Å². The van der Waals surface area contributed by atoms with E-state index in [9.17, 15) is 8.42 Å². The number of ether oxygens (including phenoxy) is 1. The predicted molar refractivity (Wildman–Crippen MR) is 100 cm³/mol. The molecule has 3 aromatic rings. The lowest BCUT2D eigenvalue weighted by molar-refractivity contribution is 0.122. The third kappa shape index (κ3) is 4.01. The van der Waals surface area contributed by atoms with E-state index in [4.69, 9.17) is 9.15 Å². The van der Waals surface area contributed by atoms with Crippen molar-refractivity contribution in [2.24, 2.45) is 0 Å².